The number of nitrogens with zero attached hydrogens (tertiary/aromatic N) is 1. The van der Waals surface area contributed by atoms with Crippen LogP contribution in [0.15, 0.2) is 0 Å². The fourth-order valence-corrected chi connectivity index (χ4v) is 2.50. The van der Waals surface area contributed by atoms with Gasteiger partial charge in [0.15, 0.2) is 0 Å². The van der Waals surface area contributed by atoms with Crippen molar-refractivity contribution >= 4 is 5.91 Å². The quantitative estimate of drug-likeness (QED) is 0.772. The monoisotopic (exact) mass is 212 g/mol. The van der Waals surface area contributed by atoms with Gasteiger partial charge in [0.1, 0.15) is 0 Å². The zero-order valence-corrected chi connectivity index (χ0v) is 10.2. The van der Waals surface area contributed by atoms with E-state index >= 15 is 0 Å². The minimum absolute atomic E-state index is 0.0876. The van der Waals surface area contributed by atoms with Crippen LogP contribution in [0.5, 0.6) is 0 Å². The van der Waals surface area contributed by atoms with Gasteiger partial charge >= 0.3 is 0 Å². The van der Waals surface area contributed by atoms with Crippen molar-refractivity contribution in [1.29, 1.82) is 0 Å². The molecule has 1 amide bonds. The first-order chi connectivity index (χ1) is 7.11. The number of likely N-dealkylation sites (tertiary alicyclic amines) is 1. The minimum Gasteiger partial charge on any atom is -0.337 e. The molecule has 2 N–H and O–H groups in total. The summed E-state index contributed by atoms with van der Waals surface area (Å²) < 4.78 is 0. The average molecular weight is 212 g/mol. The summed E-state index contributed by atoms with van der Waals surface area (Å²) in [6, 6.07) is 0.885. The molecule has 0 spiro atoms. The summed E-state index contributed by atoms with van der Waals surface area (Å²) in [5.41, 5.74) is 5.50. The molecule has 0 aromatic carbocycles. The molecule has 0 aromatic heterocycles. The zero-order chi connectivity index (χ0) is 11.4. The highest BCUT2D eigenvalue weighted by atomic mass is 16.2. The van der Waals surface area contributed by atoms with Gasteiger partial charge < -0.3 is 10.6 Å². The minimum atomic E-state index is 0.0876. The van der Waals surface area contributed by atoms with Gasteiger partial charge in [-0.25, -0.2) is 0 Å². The second-order valence-corrected chi connectivity index (χ2v) is 4.71. The van der Waals surface area contributed by atoms with Crippen LogP contribution in [0.25, 0.3) is 0 Å². The SMILES string of the molecule is CCC1CCC(C)N1C(=O)C(C)CCN. The highest BCUT2D eigenvalue weighted by Gasteiger charge is 2.34. The van der Waals surface area contributed by atoms with Gasteiger partial charge in [0, 0.05) is 18.0 Å². The van der Waals surface area contributed by atoms with Gasteiger partial charge in [0.2, 0.25) is 5.91 Å². The Morgan fingerprint density at radius 1 is 1.53 bits per heavy atom. The van der Waals surface area contributed by atoms with E-state index in [0.717, 1.165) is 19.3 Å². The number of carbonyl (C=O) groups is 1. The summed E-state index contributed by atoms with van der Waals surface area (Å²) in [6.45, 7) is 6.91. The van der Waals surface area contributed by atoms with Gasteiger partial charge in [-0.3, -0.25) is 4.79 Å². The molecule has 1 rings (SSSR count). The van der Waals surface area contributed by atoms with Crippen LogP contribution in [0.1, 0.15) is 46.5 Å². The number of rotatable bonds is 4. The Balaban J connectivity index is 2.63. The summed E-state index contributed by atoms with van der Waals surface area (Å²) in [7, 11) is 0. The number of amides is 1. The Kier molecular flexibility index (Phi) is 4.58. The van der Waals surface area contributed by atoms with E-state index in [1.807, 2.05) is 6.92 Å². The van der Waals surface area contributed by atoms with Gasteiger partial charge in [0.05, 0.1) is 0 Å². The normalized spacial score (nSPS) is 28.1. The van der Waals surface area contributed by atoms with Crippen LogP contribution in [0.2, 0.25) is 0 Å². The highest BCUT2D eigenvalue weighted by Crippen LogP contribution is 2.28. The third-order valence-corrected chi connectivity index (χ3v) is 3.53. The van der Waals surface area contributed by atoms with E-state index in [2.05, 4.69) is 18.7 Å². The second-order valence-electron chi connectivity index (χ2n) is 4.71. The summed E-state index contributed by atoms with van der Waals surface area (Å²) in [5.74, 6) is 0.391. The Morgan fingerprint density at radius 3 is 2.73 bits per heavy atom. The largest absolute Gasteiger partial charge is 0.337 e. The van der Waals surface area contributed by atoms with Crippen LogP contribution in [-0.2, 0) is 4.79 Å². The van der Waals surface area contributed by atoms with E-state index in [1.54, 1.807) is 0 Å². The molecule has 0 aliphatic carbocycles. The maximum Gasteiger partial charge on any atom is 0.225 e. The standard InChI is InChI=1S/C12H24N2O/c1-4-11-6-5-10(3)14(11)12(15)9(2)7-8-13/h9-11H,4-8,13H2,1-3H3. The lowest BCUT2D eigenvalue weighted by Gasteiger charge is -2.30. The molecule has 3 unspecified atom stereocenters. The molecular weight excluding hydrogens is 188 g/mol. The van der Waals surface area contributed by atoms with Gasteiger partial charge in [-0.2, -0.15) is 0 Å². The predicted molar refractivity (Wildman–Crippen MR) is 62.5 cm³/mol. The third kappa shape index (κ3) is 2.71. The first-order valence-corrected chi connectivity index (χ1v) is 6.14. The van der Waals surface area contributed by atoms with Crippen molar-refractivity contribution in [3.8, 4) is 0 Å². The number of carbonyl (C=O) groups excluding carboxylic acids is 1. The maximum absolute atomic E-state index is 12.2. The molecule has 0 radical (unpaired) electrons. The van der Waals surface area contributed by atoms with Crippen LogP contribution in [0, 0.1) is 5.92 Å². The van der Waals surface area contributed by atoms with E-state index < -0.39 is 0 Å². The van der Waals surface area contributed by atoms with Crippen molar-refractivity contribution in [2.45, 2.75) is 58.5 Å². The average Bonchev–Trinajstić information content (AvgIpc) is 2.58. The summed E-state index contributed by atoms with van der Waals surface area (Å²) in [6.07, 6.45) is 4.20. The van der Waals surface area contributed by atoms with E-state index in [9.17, 15) is 4.79 Å². The van der Waals surface area contributed by atoms with Crippen molar-refractivity contribution in [2.24, 2.45) is 11.7 Å². The fourth-order valence-electron chi connectivity index (χ4n) is 2.50. The predicted octanol–water partition coefficient (Wildman–Crippen LogP) is 1.76. The van der Waals surface area contributed by atoms with Crippen LogP contribution in [-0.4, -0.2) is 29.4 Å². The van der Waals surface area contributed by atoms with Crippen LogP contribution < -0.4 is 5.73 Å². The Bertz CT molecular complexity index is 218. The molecule has 1 saturated heterocycles. The Labute approximate surface area is 93.0 Å². The maximum atomic E-state index is 12.2. The molecule has 15 heavy (non-hydrogen) atoms. The summed E-state index contributed by atoms with van der Waals surface area (Å²) in [4.78, 5) is 14.3. The van der Waals surface area contributed by atoms with Crippen molar-refractivity contribution in [3.05, 3.63) is 0 Å². The zero-order valence-electron chi connectivity index (χ0n) is 10.2. The first-order valence-electron chi connectivity index (χ1n) is 6.14. The fraction of sp³-hybridized carbons (Fsp3) is 0.917. The lowest BCUT2D eigenvalue weighted by molar-refractivity contribution is -0.137. The molecule has 0 bridgehead atoms. The summed E-state index contributed by atoms with van der Waals surface area (Å²) >= 11 is 0. The molecule has 1 fully saturated rings. The van der Waals surface area contributed by atoms with Gasteiger partial charge in [0.25, 0.3) is 0 Å². The number of hydrogen-bond acceptors (Lipinski definition) is 2. The molecule has 1 aliphatic rings. The lowest BCUT2D eigenvalue weighted by Crippen LogP contribution is -2.43. The Morgan fingerprint density at radius 2 is 2.20 bits per heavy atom. The molecule has 0 aromatic rings. The molecule has 1 aliphatic heterocycles. The number of hydrogen-bond donors (Lipinski definition) is 1. The molecule has 88 valence electrons. The molecule has 3 nitrogen and oxygen atoms in total. The van der Waals surface area contributed by atoms with Gasteiger partial charge in [-0.05, 0) is 39.2 Å². The lowest BCUT2D eigenvalue weighted by atomic mass is 10.0. The highest BCUT2D eigenvalue weighted by molar-refractivity contribution is 5.79. The van der Waals surface area contributed by atoms with E-state index in [0.29, 0.717) is 24.5 Å². The smallest absolute Gasteiger partial charge is 0.225 e. The third-order valence-electron chi connectivity index (χ3n) is 3.53. The Hall–Kier alpha value is -0.570. The van der Waals surface area contributed by atoms with Crippen molar-refractivity contribution in [1.82, 2.24) is 4.90 Å². The van der Waals surface area contributed by atoms with E-state index in [4.69, 9.17) is 5.73 Å². The van der Waals surface area contributed by atoms with Crippen molar-refractivity contribution in [2.75, 3.05) is 6.54 Å². The number of nitrogens with two attached hydrogens (primary N) is 1. The molecular formula is C12H24N2O. The van der Waals surface area contributed by atoms with Crippen LogP contribution >= 0.6 is 0 Å². The van der Waals surface area contributed by atoms with Crippen molar-refractivity contribution < 1.29 is 4.79 Å². The van der Waals surface area contributed by atoms with E-state index in [-0.39, 0.29) is 5.92 Å². The molecule has 3 atom stereocenters. The van der Waals surface area contributed by atoms with Crippen LogP contribution in [0.4, 0.5) is 0 Å². The van der Waals surface area contributed by atoms with Crippen molar-refractivity contribution in [3.63, 3.8) is 0 Å². The molecule has 1 heterocycles. The topological polar surface area (TPSA) is 46.3 Å². The first kappa shape index (κ1) is 12.5. The van der Waals surface area contributed by atoms with Gasteiger partial charge in [-0.15, -0.1) is 0 Å². The second kappa shape index (κ2) is 5.50. The molecule has 0 saturated carbocycles. The van der Waals surface area contributed by atoms with E-state index in [1.165, 1.54) is 6.42 Å². The van der Waals surface area contributed by atoms with Crippen LogP contribution in [0.3, 0.4) is 0 Å². The summed E-state index contributed by atoms with van der Waals surface area (Å²) in [5, 5.41) is 0. The van der Waals surface area contributed by atoms with Gasteiger partial charge in [-0.1, -0.05) is 13.8 Å². The molecule has 3 heteroatoms.